The topological polar surface area (TPSA) is 92.1 Å². The minimum absolute atomic E-state index is 0.0214. The van der Waals surface area contributed by atoms with Gasteiger partial charge in [-0.15, -0.1) is 5.10 Å². The number of nitrogens with zero attached hydrogens (tertiary/aromatic N) is 2. The maximum atomic E-state index is 11.6. The normalized spacial score (nSPS) is 12.4. The molecular weight excluding hydrogens is 258 g/mol. The van der Waals surface area contributed by atoms with Gasteiger partial charge in [-0.1, -0.05) is 25.9 Å². The average Bonchev–Trinajstić information content (AvgIpc) is 2.84. The molecule has 1 aromatic rings. The zero-order chi connectivity index (χ0) is 15.0. The molecule has 7 nitrogen and oxygen atoms in total. The fourth-order valence-corrected chi connectivity index (χ4v) is 1.42. The summed E-state index contributed by atoms with van der Waals surface area (Å²) in [5.41, 5.74) is 0. The maximum absolute atomic E-state index is 11.6. The van der Waals surface area contributed by atoms with Gasteiger partial charge in [0.2, 0.25) is 11.8 Å². The molecule has 1 unspecified atom stereocenters. The first-order valence-corrected chi connectivity index (χ1v) is 7.10. The Labute approximate surface area is 119 Å². The highest BCUT2D eigenvalue weighted by atomic mass is 16.4. The molecule has 0 aliphatic rings. The molecule has 0 spiro atoms. The number of amides is 1. The molecule has 0 saturated carbocycles. The Bertz CT molecular complexity index is 405. The largest absolute Gasteiger partial charge is 0.407 e. The second-order valence-corrected chi connectivity index (χ2v) is 5.09. The van der Waals surface area contributed by atoms with Crippen LogP contribution < -0.4 is 16.0 Å². The second kappa shape index (κ2) is 8.52. The van der Waals surface area contributed by atoms with Crippen LogP contribution in [-0.4, -0.2) is 34.7 Å². The standard InChI is InChI=1S/C13H25N5O2/c1-5-10(4)16-11(19)6-7-14-13-18-17-12(20-13)8-15-9(2)3/h9-10,15H,5-8H2,1-4H3,(H,14,18)(H,16,19). The van der Waals surface area contributed by atoms with Crippen LogP contribution in [0.3, 0.4) is 0 Å². The quantitative estimate of drug-likeness (QED) is 0.632. The van der Waals surface area contributed by atoms with Crippen LogP contribution in [0.2, 0.25) is 0 Å². The van der Waals surface area contributed by atoms with Crippen molar-refractivity contribution in [1.29, 1.82) is 0 Å². The highest BCUT2D eigenvalue weighted by molar-refractivity contribution is 5.76. The molecule has 1 aromatic heterocycles. The molecule has 0 aliphatic heterocycles. The van der Waals surface area contributed by atoms with Crippen LogP contribution in [-0.2, 0) is 11.3 Å². The van der Waals surface area contributed by atoms with Gasteiger partial charge < -0.3 is 20.4 Å². The predicted octanol–water partition coefficient (Wildman–Crippen LogP) is 1.28. The van der Waals surface area contributed by atoms with Crippen LogP contribution in [0.15, 0.2) is 4.42 Å². The number of carbonyl (C=O) groups is 1. The number of nitrogens with one attached hydrogen (secondary N) is 3. The van der Waals surface area contributed by atoms with Gasteiger partial charge in [-0.05, 0) is 13.3 Å². The maximum Gasteiger partial charge on any atom is 0.315 e. The highest BCUT2D eigenvalue weighted by Crippen LogP contribution is 2.05. The van der Waals surface area contributed by atoms with Gasteiger partial charge in [-0.25, -0.2) is 0 Å². The minimum Gasteiger partial charge on any atom is -0.407 e. The highest BCUT2D eigenvalue weighted by Gasteiger charge is 2.08. The first kappa shape index (κ1) is 16.4. The van der Waals surface area contributed by atoms with Gasteiger partial charge in [0, 0.05) is 25.0 Å². The summed E-state index contributed by atoms with van der Waals surface area (Å²) in [6, 6.07) is 0.920. The Kier molecular flexibility index (Phi) is 7.00. The van der Waals surface area contributed by atoms with Crippen molar-refractivity contribution < 1.29 is 9.21 Å². The summed E-state index contributed by atoms with van der Waals surface area (Å²) in [4.78, 5) is 11.6. The lowest BCUT2D eigenvalue weighted by Crippen LogP contribution is -2.32. The number of hydrogen-bond donors (Lipinski definition) is 3. The van der Waals surface area contributed by atoms with E-state index in [-0.39, 0.29) is 11.9 Å². The molecule has 3 N–H and O–H groups in total. The van der Waals surface area contributed by atoms with Crippen LogP contribution in [0.25, 0.3) is 0 Å². The number of anilines is 1. The lowest BCUT2D eigenvalue weighted by atomic mass is 10.2. The van der Waals surface area contributed by atoms with E-state index in [1.807, 2.05) is 27.7 Å². The smallest absolute Gasteiger partial charge is 0.315 e. The predicted molar refractivity (Wildman–Crippen MR) is 77.3 cm³/mol. The molecular formula is C13H25N5O2. The molecule has 0 fully saturated rings. The van der Waals surface area contributed by atoms with Gasteiger partial charge in [0.25, 0.3) is 0 Å². The zero-order valence-corrected chi connectivity index (χ0v) is 12.7. The molecule has 0 bridgehead atoms. The van der Waals surface area contributed by atoms with E-state index in [1.54, 1.807) is 0 Å². The molecule has 7 heteroatoms. The molecule has 0 aliphatic carbocycles. The lowest BCUT2D eigenvalue weighted by Gasteiger charge is -2.10. The van der Waals surface area contributed by atoms with Crippen molar-refractivity contribution in [1.82, 2.24) is 20.8 Å². The van der Waals surface area contributed by atoms with Gasteiger partial charge >= 0.3 is 6.01 Å². The van der Waals surface area contributed by atoms with E-state index in [9.17, 15) is 4.79 Å². The van der Waals surface area contributed by atoms with Crippen LogP contribution in [0, 0.1) is 0 Å². The van der Waals surface area contributed by atoms with Crippen molar-refractivity contribution in [2.24, 2.45) is 0 Å². The third kappa shape index (κ3) is 6.51. The summed E-state index contributed by atoms with van der Waals surface area (Å²) in [5, 5.41) is 16.8. The molecule has 1 rings (SSSR count). The molecule has 0 aromatic carbocycles. The van der Waals surface area contributed by atoms with Crippen molar-refractivity contribution >= 4 is 11.9 Å². The Morgan fingerprint density at radius 2 is 2.05 bits per heavy atom. The third-order valence-corrected chi connectivity index (χ3v) is 2.78. The number of carbonyl (C=O) groups excluding carboxylic acids is 1. The number of rotatable bonds is 9. The Morgan fingerprint density at radius 1 is 1.30 bits per heavy atom. The second-order valence-electron chi connectivity index (χ2n) is 5.09. The Balaban J connectivity index is 2.23. The van der Waals surface area contributed by atoms with E-state index in [2.05, 4.69) is 26.1 Å². The van der Waals surface area contributed by atoms with Crippen LogP contribution in [0.4, 0.5) is 6.01 Å². The van der Waals surface area contributed by atoms with Crippen molar-refractivity contribution in [2.45, 2.75) is 59.2 Å². The van der Waals surface area contributed by atoms with Crippen molar-refractivity contribution in [2.75, 3.05) is 11.9 Å². The van der Waals surface area contributed by atoms with Gasteiger partial charge in [-0.3, -0.25) is 4.79 Å². The molecule has 0 radical (unpaired) electrons. The summed E-state index contributed by atoms with van der Waals surface area (Å²) in [6.45, 7) is 9.13. The van der Waals surface area contributed by atoms with Crippen LogP contribution in [0.1, 0.15) is 46.4 Å². The first-order valence-electron chi connectivity index (χ1n) is 7.10. The first-order chi connectivity index (χ1) is 9.51. The molecule has 114 valence electrons. The monoisotopic (exact) mass is 283 g/mol. The van der Waals surface area contributed by atoms with E-state index in [0.717, 1.165) is 6.42 Å². The molecule has 1 atom stereocenters. The third-order valence-electron chi connectivity index (χ3n) is 2.78. The Hall–Kier alpha value is -1.63. The van der Waals surface area contributed by atoms with Crippen molar-refractivity contribution in [3.05, 3.63) is 5.89 Å². The van der Waals surface area contributed by atoms with E-state index < -0.39 is 0 Å². The van der Waals surface area contributed by atoms with Gasteiger partial charge in [0.15, 0.2) is 0 Å². The summed E-state index contributed by atoms with van der Waals surface area (Å²) in [7, 11) is 0. The molecule has 1 amide bonds. The van der Waals surface area contributed by atoms with E-state index in [4.69, 9.17) is 4.42 Å². The summed E-state index contributed by atoms with van der Waals surface area (Å²) < 4.78 is 5.39. The number of hydrogen-bond acceptors (Lipinski definition) is 6. The van der Waals surface area contributed by atoms with Crippen LogP contribution in [0.5, 0.6) is 0 Å². The fourth-order valence-electron chi connectivity index (χ4n) is 1.42. The summed E-state index contributed by atoms with van der Waals surface area (Å²) in [6.07, 6.45) is 1.31. The zero-order valence-electron chi connectivity index (χ0n) is 12.7. The van der Waals surface area contributed by atoms with Gasteiger partial charge in [0.1, 0.15) is 0 Å². The molecule has 20 heavy (non-hydrogen) atoms. The fraction of sp³-hybridized carbons (Fsp3) is 0.769. The van der Waals surface area contributed by atoms with Crippen LogP contribution >= 0.6 is 0 Å². The van der Waals surface area contributed by atoms with E-state index in [0.29, 0.717) is 37.5 Å². The van der Waals surface area contributed by atoms with Crippen molar-refractivity contribution in [3.63, 3.8) is 0 Å². The van der Waals surface area contributed by atoms with E-state index >= 15 is 0 Å². The Morgan fingerprint density at radius 3 is 2.70 bits per heavy atom. The molecule has 1 heterocycles. The minimum atomic E-state index is 0.0214. The number of aromatic nitrogens is 2. The van der Waals surface area contributed by atoms with E-state index in [1.165, 1.54) is 0 Å². The summed E-state index contributed by atoms with van der Waals surface area (Å²) >= 11 is 0. The average molecular weight is 283 g/mol. The SMILES string of the molecule is CCC(C)NC(=O)CCNc1nnc(CNC(C)C)o1. The van der Waals surface area contributed by atoms with Gasteiger partial charge in [0.05, 0.1) is 6.54 Å². The molecule has 0 saturated heterocycles. The van der Waals surface area contributed by atoms with Gasteiger partial charge in [-0.2, -0.15) is 0 Å². The lowest BCUT2D eigenvalue weighted by molar-refractivity contribution is -0.121. The van der Waals surface area contributed by atoms with Crippen molar-refractivity contribution in [3.8, 4) is 0 Å². The summed E-state index contributed by atoms with van der Waals surface area (Å²) in [5.74, 6) is 0.554.